The Labute approximate surface area is 205 Å². The standard InChI is InChI=1S/C30H31F3O2/c1-3-5-20-6-8-22(9-7-20)26-16-12-24(29(32)30(26)33)19-35-25-14-10-21(11-15-25)23-13-17-28(34-4-2)27(31)18-23/h3,5-9,12-13,16-18,21,25H,4,10-11,14-15,19H2,1-2H3/b5-3+. The van der Waals surface area contributed by atoms with Crippen LogP contribution in [0.1, 0.15) is 62.1 Å². The number of allylic oxidation sites excluding steroid dienone is 1. The molecule has 0 bridgehead atoms. The van der Waals surface area contributed by atoms with Crippen LogP contribution in [-0.4, -0.2) is 12.7 Å². The molecule has 4 rings (SSSR count). The molecule has 3 aromatic carbocycles. The Bertz CT molecular complexity index is 1160. The highest BCUT2D eigenvalue weighted by atomic mass is 19.2. The zero-order valence-electron chi connectivity index (χ0n) is 20.2. The van der Waals surface area contributed by atoms with Crippen molar-refractivity contribution in [2.24, 2.45) is 0 Å². The molecule has 3 aromatic rings. The molecule has 0 saturated heterocycles. The molecule has 0 amide bonds. The number of benzene rings is 3. The number of rotatable bonds is 8. The lowest BCUT2D eigenvalue weighted by Crippen LogP contribution is -2.21. The predicted octanol–water partition coefficient (Wildman–Crippen LogP) is 8.45. The summed E-state index contributed by atoms with van der Waals surface area (Å²) in [6.45, 7) is 4.21. The van der Waals surface area contributed by atoms with Crippen molar-refractivity contribution >= 4 is 6.08 Å². The molecule has 0 aliphatic heterocycles. The largest absolute Gasteiger partial charge is 0.491 e. The van der Waals surface area contributed by atoms with Crippen LogP contribution in [0.2, 0.25) is 0 Å². The Morgan fingerprint density at radius 1 is 0.886 bits per heavy atom. The molecule has 1 fully saturated rings. The van der Waals surface area contributed by atoms with E-state index in [9.17, 15) is 13.2 Å². The van der Waals surface area contributed by atoms with Crippen LogP contribution in [0.4, 0.5) is 13.2 Å². The van der Waals surface area contributed by atoms with Crippen molar-refractivity contribution < 1.29 is 22.6 Å². The topological polar surface area (TPSA) is 18.5 Å². The van der Waals surface area contributed by atoms with Crippen LogP contribution in [0.5, 0.6) is 5.75 Å². The third-order valence-electron chi connectivity index (χ3n) is 6.62. The summed E-state index contributed by atoms with van der Waals surface area (Å²) in [5.74, 6) is -1.52. The Hall–Kier alpha value is -3.05. The van der Waals surface area contributed by atoms with Crippen LogP contribution < -0.4 is 4.74 Å². The number of ether oxygens (including phenoxy) is 2. The quantitative estimate of drug-likeness (QED) is 0.322. The van der Waals surface area contributed by atoms with Gasteiger partial charge in [0.2, 0.25) is 0 Å². The summed E-state index contributed by atoms with van der Waals surface area (Å²) in [4.78, 5) is 0. The van der Waals surface area contributed by atoms with Crippen molar-refractivity contribution in [1.29, 1.82) is 0 Å². The SMILES string of the molecule is C/C=C/c1ccc(-c2ccc(COC3CCC(c4ccc(OCC)c(F)c4)CC3)c(F)c2F)cc1. The molecule has 184 valence electrons. The number of hydrogen-bond donors (Lipinski definition) is 0. The maximum absolute atomic E-state index is 14.8. The van der Waals surface area contributed by atoms with Crippen LogP contribution in [0, 0.1) is 17.5 Å². The first-order valence-electron chi connectivity index (χ1n) is 12.2. The van der Waals surface area contributed by atoms with Crippen molar-refractivity contribution in [3.63, 3.8) is 0 Å². The first-order valence-corrected chi connectivity index (χ1v) is 12.2. The van der Waals surface area contributed by atoms with E-state index in [4.69, 9.17) is 9.47 Å². The Morgan fingerprint density at radius 3 is 2.29 bits per heavy atom. The third kappa shape index (κ3) is 5.96. The smallest absolute Gasteiger partial charge is 0.167 e. The van der Waals surface area contributed by atoms with E-state index >= 15 is 0 Å². The first kappa shape index (κ1) is 25.1. The molecule has 0 radical (unpaired) electrons. The van der Waals surface area contributed by atoms with E-state index in [0.29, 0.717) is 12.2 Å². The average molecular weight is 481 g/mol. The fraction of sp³-hybridized carbons (Fsp3) is 0.333. The van der Waals surface area contributed by atoms with Gasteiger partial charge < -0.3 is 9.47 Å². The van der Waals surface area contributed by atoms with E-state index in [1.165, 1.54) is 0 Å². The second kappa shape index (κ2) is 11.6. The van der Waals surface area contributed by atoms with Crippen molar-refractivity contribution in [2.45, 2.75) is 58.2 Å². The van der Waals surface area contributed by atoms with Crippen molar-refractivity contribution in [1.82, 2.24) is 0 Å². The van der Waals surface area contributed by atoms with Gasteiger partial charge in [-0.15, -0.1) is 0 Å². The van der Waals surface area contributed by atoms with Crippen molar-refractivity contribution in [2.75, 3.05) is 6.61 Å². The van der Waals surface area contributed by atoms with Gasteiger partial charge in [0.25, 0.3) is 0 Å². The number of hydrogen-bond acceptors (Lipinski definition) is 2. The third-order valence-corrected chi connectivity index (χ3v) is 6.62. The van der Waals surface area contributed by atoms with Gasteiger partial charge in [-0.25, -0.2) is 13.2 Å². The average Bonchev–Trinajstić information content (AvgIpc) is 2.87. The molecule has 0 N–H and O–H groups in total. The molecule has 0 unspecified atom stereocenters. The fourth-order valence-corrected chi connectivity index (χ4v) is 4.70. The van der Waals surface area contributed by atoms with Crippen LogP contribution >= 0.6 is 0 Å². The van der Waals surface area contributed by atoms with E-state index in [1.54, 1.807) is 36.4 Å². The zero-order valence-corrected chi connectivity index (χ0v) is 20.2. The monoisotopic (exact) mass is 480 g/mol. The lowest BCUT2D eigenvalue weighted by molar-refractivity contribution is 0.0119. The van der Waals surface area contributed by atoms with E-state index in [-0.39, 0.29) is 41.3 Å². The summed E-state index contributed by atoms with van der Waals surface area (Å²) in [5.41, 5.74) is 3.05. The minimum atomic E-state index is -0.862. The maximum atomic E-state index is 14.8. The lowest BCUT2D eigenvalue weighted by atomic mass is 9.82. The highest BCUT2D eigenvalue weighted by Gasteiger charge is 2.24. The maximum Gasteiger partial charge on any atom is 0.167 e. The van der Waals surface area contributed by atoms with E-state index in [0.717, 1.165) is 36.8 Å². The van der Waals surface area contributed by atoms with Crippen LogP contribution in [0.3, 0.4) is 0 Å². The molecule has 1 saturated carbocycles. The van der Waals surface area contributed by atoms with Gasteiger partial charge in [0.1, 0.15) is 0 Å². The first-order chi connectivity index (χ1) is 17.0. The van der Waals surface area contributed by atoms with Crippen LogP contribution in [-0.2, 0) is 11.3 Å². The molecule has 0 atom stereocenters. The van der Waals surface area contributed by atoms with Gasteiger partial charge in [-0.1, -0.05) is 54.6 Å². The second-order valence-electron chi connectivity index (χ2n) is 8.93. The molecular weight excluding hydrogens is 449 g/mol. The van der Waals surface area contributed by atoms with Gasteiger partial charge in [0.05, 0.1) is 19.3 Å². The highest BCUT2D eigenvalue weighted by Crippen LogP contribution is 2.36. The Balaban J connectivity index is 1.34. The summed E-state index contributed by atoms with van der Waals surface area (Å²) in [6.07, 6.45) is 7.15. The van der Waals surface area contributed by atoms with Gasteiger partial charge in [-0.05, 0) is 74.3 Å². The van der Waals surface area contributed by atoms with Crippen LogP contribution in [0.25, 0.3) is 17.2 Å². The van der Waals surface area contributed by atoms with E-state index in [2.05, 4.69) is 0 Å². The summed E-state index contributed by atoms with van der Waals surface area (Å²) in [7, 11) is 0. The highest BCUT2D eigenvalue weighted by molar-refractivity contribution is 5.66. The summed E-state index contributed by atoms with van der Waals surface area (Å²) < 4.78 is 55.1. The molecule has 1 aliphatic rings. The summed E-state index contributed by atoms with van der Waals surface area (Å²) in [6, 6.07) is 15.7. The van der Waals surface area contributed by atoms with E-state index in [1.807, 2.05) is 44.2 Å². The minimum Gasteiger partial charge on any atom is -0.491 e. The molecule has 35 heavy (non-hydrogen) atoms. The van der Waals surface area contributed by atoms with Gasteiger partial charge in [0.15, 0.2) is 23.2 Å². The Morgan fingerprint density at radius 2 is 1.63 bits per heavy atom. The summed E-state index contributed by atoms with van der Waals surface area (Å²) in [5, 5.41) is 0. The van der Waals surface area contributed by atoms with Crippen molar-refractivity contribution in [3.05, 3.63) is 94.8 Å². The molecule has 0 aromatic heterocycles. The fourth-order valence-electron chi connectivity index (χ4n) is 4.70. The number of halogens is 3. The minimum absolute atomic E-state index is 0.0241. The van der Waals surface area contributed by atoms with Gasteiger partial charge in [0, 0.05) is 11.1 Å². The van der Waals surface area contributed by atoms with Crippen LogP contribution in [0.15, 0.2) is 60.7 Å². The molecule has 2 nitrogen and oxygen atoms in total. The normalized spacial score (nSPS) is 18.2. The van der Waals surface area contributed by atoms with Crippen molar-refractivity contribution in [3.8, 4) is 16.9 Å². The van der Waals surface area contributed by atoms with Gasteiger partial charge in [-0.3, -0.25) is 0 Å². The molecule has 0 heterocycles. The van der Waals surface area contributed by atoms with Gasteiger partial charge in [-0.2, -0.15) is 0 Å². The zero-order chi connectivity index (χ0) is 24.8. The van der Waals surface area contributed by atoms with E-state index < -0.39 is 11.6 Å². The van der Waals surface area contributed by atoms with Gasteiger partial charge >= 0.3 is 0 Å². The lowest BCUT2D eigenvalue weighted by Gasteiger charge is -2.29. The second-order valence-corrected chi connectivity index (χ2v) is 8.93. The predicted molar refractivity (Wildman–Crippen MR) is 134 cm³/mol. The molecule has 5 heteroatoms. The summed E-state index contributed by atoms with van der Waals surface area (Å²) >= 11 is 0. The molecular formula is C30H31F3O2. The Kier molecular flexibility index (Phi) is 8.29. The molecule has 0 spiro atoms. The molecule has 1 aliphatic carbocycles.